The molecule has 1 aromatic heterocycles. The molecule has 0 aliphatic rings. The SMILES string of the molecule is NC(=O)CN(CC(N)=O)S(=O)(=O)c1ccc(C(=O)O)s1. The molecule has 0 bridgehead atoms. The maximum absolute atomic E-state index is 12.2. The quantitative estimate of drug-likeness (QED) is 0.548. The third-order valence-electron chi connectivity index (χ3n) is 2.05. The van der Waals surface area contributed by atoms with Crippen molar-refractivity contribution in [3.8, 4) is 0 Å². The van der Waals surface area contributed by atoms with Crippen molar-refractivity contribution >= 4 is 39.1 Å². The van der Waals surface area contributed by atoms with Gasteiger partial charge < -0.3 is 16.6 Å². The summed E-state index contributed by atoms with van der Waals surface area (Å²) in [6.07, 6.45) is 0. The van der Waals surface area contributed by atoms with E-state index < -0.39 is 40.9 Å². The van der Waals surface area contributed by atoms with Crippen LogP contribution < -0.4 is 11.5 Å². The molecule has 0 spiro atoms. The molecule has 1 heterocycles. The number of carbonyl (C=O) groups is 3. The largest absolute Gasteiger partial charge is 0.477 e. The van der Waals surface area contributed by atoms with Crippen molar-refractivity contribution in [2.75, 3.05) is 13.1 Å². The third-order valence-corrected chi connectivity index (χ3v) is 5.38. The highest BCUT2D eigenvalue weighted by Crippen LogP contribution is 2.24. The Balaban J connectivity index is 3.16. The van der Waals surface area contributed by atoms with E-state index in [4.69, 9.17) is 16.6 Å². The van der Waals surface area contributed by atoms with Gasteiger partial charge in [-0.3, -0.25) is 9.59 Å². The molecule has 9 nitrogen and oxygen atoms in total. The van der Waals surface area contributed by atoms with E-state index in [9.17, 15) is 22.8 Å². The van der Waals surface area contributed by atoms with Gasteiger partial charge in [0.2, 0.25) is 11.8 Å². The molecule has 0 aliphatic carbocycles. The number of carbonyl (C=O) groups excluding carboxylic acids is 2. The first-order valence-electron chi connectivity index (χ1n) is 5.04. The van der Waals surface area contributed by atoms with Gasteiger partial charge in [0.05, 0.1) is 13.1 Å². The number of rotatable bonds is 7. The lowest BCUT2D eigenvalue weighted by molar-refractivity contribution is -0.120. The van der Waals surface area contributed by atoms with Crippen molar-refractivity contribution in [1.29, 1.82) is 0 Å². The number of carboxylic acids is 1. The molecule has 11 heteroatoms. The first-order valence-corrected chi connectivity index (χ1v) is 7.30. The second-order valence-corrected chi connectivity index (χ2v) is 6.88. The molecule has 0 aliphatic heterocycles. The second kappa shape index (κ2) is 5.98. The van der Waals surface area contributed by atoms with Crippen molar-refractivity contribution in [3.05, 3.63) is 17.0 Å². The van der Waals surface area contributed by atoms with Gasteiger partial charge in [-0.05, 0) is 12.1 Å². The highest BCUT2D eigenvalue weighted by atomic mass is 32.2. The van der Waals surface area contributed by atoms with Gasteiger partial charge in [-0.15, -0.1) is 11.3 Å². The Morgan fingerprint density at radius 2 is 1.65 bits per heavy atom. The lowest BCUT2D eigenvalue weighted by atomic mass is 10.5. The van der Waals surface area contributed by atoms with E-state index in [-0.39, 0.29) is 9.09 Å². The van der Waals surface area contributed by atoms with Crippen molar-refractivity contribution < 1.29 is 27.9 Å². The van der Waals surface area contributed by atoms with Gasteiger partial charge in [0, 0.05) is 0 Å². The molecule has 2 amide bonds. The minimum atomic E-state index is -4.22. The fourth-order valence-electron chi connectivity index (χ4n) is 1.27. The Bertz CT molecular complexity index is 634. The highest BCUT2D eigenvalue weighted by Gasteiger charge is 2.29. The lowest BCUT2D eigenvalue weighted by Crippen LogP contribution is -2.43. The van der Waals surface area contributed by atoms with Crippen LogP contribution in [0.3, 0.4) is 0 Å². The highest BCUT2D eigenvalue weighted by molar-refractivity contribution is 7.91. The maximum atomic E-state index is 12.2. The van der Waals surface area contributed by atoms with Crippen LogP contribution in [0.25, 0.3) is 0 Å². The minimum absolute atomic E-state index is 0.193. The lowest BCUT2D eigenvalue weighted by Gasteiger charge is -2.17. The number of sulfonamides is 1. The molecule has 0 radical (unpaired) electrons. The minimum Gasteiger partial charge on any atom is -0.477 e. The number of carboxylic acid groups (broad SMARTS) is 1. The Morgan fingerprint density at radius 3 is 2.00 bits per heavy atom. The standard InChI is InChI=1S/C9H11N3O6S2/c10-6(13)3-12(4-7(11)14)20(17,18)8-2-1-5(19-8)9(15)16/h1-2H,3-4H2,(H2,10,13)(H2,11,14)(H,15,16). The Kier molecular flexibility index (Phi) is 4.81. The van der Waals surface area contributed by atoms with Gasteiger partial charge in [-0.2, -0.15) is 4.31 Å². The summed E-state index contributed by atoms with van der Waals surface area (Å²) in [5, 5.41) is 8.75. The first kappa shape index (κ1) is 16.1. The fourth-order valence-corrected chi connectivity index (χ4v) is 3.95. The zero-order chi connectivity index (χ0) is 15.5. The summed E-state index contributed by atoms with van der Waals surface area (Å²) in [5.41, 5.74) is 9.82. The predicted octanol–water partition coefficient (Wildman–Crippen LogP) is -1.59. The number of aromatic carboxylic acids is 1. The summed E-state index contributed by atoms with van der Waals surface area (Å²) in [7, 11) is -4.22. The number of hydrogen-bond donors (Lipinski definition) is 3. The van der Waals surface area contributed by atoms with Crippen LogP contribution >= 0.6 is 11.3 Å². The molecule has 0 saturated carbocycles. The zero-order valence-corrected chi connectivity index (χ0v) is 11.6. The molecular formula is C9H11N3O6S2. The Hall–Kier alpha value is -1.98. The van der Waals surface area contributed by atoms with E-state index >= 15 is 0 Å². The number of primary amides is 2. The van der Waals surface area contributed by atoms with Gasteiger partial charge in [0.25, 0.3) is 10.0 Å². The number of amides is 2. The molecule has 5 N–H and O–H groups in total. The average molecular weight is 321 g/mol. The van der Waals surface area contributed by atoms with Crippen LogP contribution in [0, 0.1) is 0 Å². The smallest absolute Gasteiger partial charge is 0.345 e. The van der Waals surface area contributed by atoms with Crippen LogP contribution in [0.1, 0.15) is 9.67 Å². The van der Waals surface area contributed by atoms with Gasteiger partial charge >= 0.3 is 5.97 Å². The van der Waals surface area contributed by atoms with Crippen molar-refractivity contribution in [1.82, 2.24) is 4.31 Å². The molecule has 0 unspecified atom stereocenters. The molecule has 0 fully saturated rings. The average Bonchev–Trinajstić information content (AvgIpc) is 2.76. The summed E-state index contributed by atoms with van der Waals surface area (Å²) in [4.78, 5) is 32.2. The Morgan fingerprint density at radius 1 is 1.15 bits per heavy atom. The fraction of sp³-hybridized carbons (Fsp3) is 0.222. The number of nitrogens with zero attached hydrogens (tertiary/aromatic N) is 1. The summed E-state index contributed by atoms with van der Waals surface area (Å²) in [5.74, 6) is -3.22. The summed E-state index contributed by atoms with van der Waals surface area (Å²) in [6.45, 7) is -1.46. The molecule has 0 saturated heterocycles. The second-order valence-electron chi connectivity index (χ2n) is 3.63. The van der Waals surface area contributed by atoms with Gasteiger partial charge in [-0.1, -0.05) is 0 Å². The third kappa shape index (κ3) is 3.76. The normalized spacial score (nSPS) is 11.4. The van der Waals surface area contributed by atoms with Gasteiger partial charge in [0.15, 0.2) is 0 Å². The van der Waals surface area contributed by atoms with E-state index in [1.54, 1.807) is 0 Å². The van der Waals surface area contributed by atoms with E-state index in [1.165, 1.54) is 0 Å². The van der Waals surface area contributed by atoms with Gasteiger partial charge in [-0.25, -0.2) is 13.2 Å². The summed E-state index contributed by atoms with van der Waals surface area (Å²) < 4.78 is 24.5. The number of nitrogens with two attached hydrogens (primary N) is 2. The maximum Gasteiger partial charge on any atom is 0.345 e. The monoisotopic (exact) mass is 321 g/mol. The van der Waals surface area contributed by atoms with Crippen molar-refractivity contribution in [2.24, 2.45) is 11.5 Å². The summed E-state index contributed by atoms with van der Waals surface area (Å²) >= 11 is 0.497. The van der Waals surface area contributed by atoms with E-state index in [1.807, 2.05) is 0 Å². The molecule has 0 aromatic carbocycles. The van der Waals surface area contributed by atoms with Crippen LogP contribution in [0.5, 0.6) is 0 Å². The van der Waals surface area contributed by atoms with Crippen LogP contribution in [0.15, 0.2) is 16.3 Å². The van der Waals surface area contributed by atoms with E-state index in [0.29, 0.717) is 15.6 Å². The van der Waals surface area contributed by atoms with E-state index in [0.717, 1.165) is 12.1 Å². The van der Waals surface area contributed by atoms with Crippen molar-refractivity contribution in [3.63, 3.8) is 0 Å². The zero-order valence-electron chi connectivity index (χ0n) is 9.98. The number of thiophene rings is 1. The van der Waals surface area contributed by atoms with Crippen LogP contribution in [-0.4, -0.2) is 48.7 Å². The summed E-state index contributed by atoms with van der Waals surface area (Å²) in [6, 6.07) is 2.17. The molecule has 0 atom stereocenters. The number of hydrogen-bond acceptors (Lipinski definition) is 6. The molecule has 110 valence electrons. The van der Waals surface area contributed by atoms with Gasteiger partial charge in [0.1, 0.15) is 9.09 Å². The van der Waals surface area contributed by atoms with Crippen LogP contribution in [0.2, 0.25) is 0 Å². The van der Waals surface area contributed by atoms with Crippen LogP contribution in [0.4, 0.5) is 0 Å². The first-order chi connectivity index (χ1) is 9.14. The topological polar surface area (TPSA) is 161 Å². The molecule has 20 heavy (non-hydrogen) atoms. The molecule has 1 aromatic rings. The van der Waals surface area contributed by atoms with Crippen LogP contribution in [-0.2, 0) is 19.6 Å². The Labute approximate surface area is 117 Å². The van der Waals surface area contributed by atoms with Crippen molar-refractivity contribution in [2.45, 2.75) is 4.21 Å². The molecule has 1 rings (SSSR count). The predicted molar refractivity (Wildman–Crippen MR) is 68.4 cm³/mol. The molecular weight excluding hydrogens is 310 g/mol. The van der Waals surface area contributed by atoms with E-state index in [2.05, 4.69) is 0 Å².